The molecule has 0 aliphatic carbocycles. The van der Waals surface area contributed by atoms with Gasteiger partial charge in [0.05, 0.1) is 6.54 Å². The molecular weight excluding hydrogens is 282 g/mol. The SMILES string of the molecule is O=C(NCc1sccc1Br)c1nn[nH]n1. The van der Waals surface area contributed by atoms with Crippen molar-refractivity contribution >= 4 is 33.2 Å². The van der Waals surface area contributed by atoms with Crippen LogP contribution in [0.4, 0.5) is 0 Å². The van der Waals surface area contributed by atoms with Crippen LogP contribution in [0, 0.1) is 0 Å². The van der Waals surface area contributed by atoms with Gasteiger partial charge in [-0.05, 0) is 32.6 Å². The Hall–Kier alpha value is -1.28. The highest BCUT2D eigenvalue weighted by atomic mass is 79.9. The molecule has 0 saturated carbocycles. The number of rotatable bonds is 3. The van der Waals surface area contributed by atoms with E-state index in [1.807, 2.05) is 11.4 Å². The first-order chi connectivity index (χ1) is 7.27. The molecule has 0 aromatic carbocycles. The number of tetrazole rings is 1. The molecule has 15 heavy (non-hydrogen) atoms. The fourth-order valence-electron chi connectivity index (χ4n) is 0.949. The minimum atomic E-state index is -0.343. The lowest BCUT2D eigenvalue weighted by molar-refractivity contribution is 0.0941. The second-order valence-electron chi connectivity index (χ2n) is 2.61. The quantitative estimate of drug-likeness (QED) is 0.881. The first kappa shape index (κ1) is 10.2. The molecule has 0 atom stereocenters. The number of H-pyrrole nitrogens is 1. The Morgan fingerprint density at radius 2 is 2.53 bits per heavy atom. The summed E-state index contributed by atoms with van der Waals surface area (Å²) in [4.78, 5) is 12.5. The highest BCUT2D eigenvalue weighted by Gasteiger charge is 2.10. The minimum Gasteiger partial charge on any atom is -0.344 e. The van der Waals surface area contributed by atoms with Crippen LogP contribution in [0.15, 0.2) is 15.9 Å². The summed E-state index contributed by atoms with van der Waals surface area (Å²) in [6.45, 7) is 0.450. The third kappa shape index (κ3) is 2.39. The highest BCUT2D eigenvalue weighted by molar-refractivity contribution is 9.10. The number of halogens is 1. The van der Waals surface area contributed by atoms with E-state index in [0.29, 0.717) is 6.54 Å². The molecule has 2 rings (SSSR count). The lowest BCUT2D eigenvalue weighted by Gasteiger charge is -1.99. The second-order valence-corrected chi connectivity index (χ2v) is 4.46. The van der Waals surface area contributed by atoms with Crippen LogP contribution in [0.2, 0.25) is 0 Å². The van der Waals surface area contributed by atoms with Crippen molar-refractivity contribution in [3.8, 4) is 0 Å². The largest absolute Gasteiger partial charge is 0.344 e. The summed E-state index contributed by atoms with van der Waals surface area (Å²) in [6.07, 6.45) is 0. The molecule has 8 heteroatoms. The highest BCUT2D eigenvalue weighted by Crippen LogP contribution is 2.22. The summed E-state index contributed by atoms with van der Waals surface area (Å²) in [5.41, 5.74) is 0. The van der Waals surface area contributed by atoms with Gasteiger partial charge in [0.15, 0.2) is 0 Å². The Kier molecular flexibility index (Phi) is 3.07. The number of aromatic amines is 1. The van der Waals surface area contributed by atoms with E-state index in [1.165, 1.54) is 0 Å². The number of thiophene rings is 1. The van der Waals surface area contributed by atoms with Gasteiger partial charge in [0.2, 0.25) is 0 Å². The molecule has 0 bridgehead atoms. The minimum absolute atomic E-state index is 0.0441. The molecule has 2 N–H and O–H groups in total. The van der Waals surface area contributed by atoms with Gasteiger partial charge in [-0.2, -0.15) is 5.21 Å². The number of nitrogens with zero attached hydrogens (tertiary/aromatic N) is 3. The number of carbonyl (C=O) groups excluding carboxylic acids is 1. The van der Waals surface area contributed by atoms with E-state index < -0.39 is 0 Å². The van der Waals surface area contributed by atoms with Gasteiger partial charge in [-0.1, -0.05) is 0 Å². The normalized spacial score (nSPS) is 10.2. The van der Waals surface area contributed by atoms with E-state index >= 15 is 0 Å². The number of carbonyl (C=O) groups is 1. The topological polar surface area (TPSA) is 83.6 Å². The van der Waals surface area contributed by atoms with E-state index in [9.17, 15) is 4.79 Å². The third-order valence-corrected chi connectivity index (χ3v) is 3.58. The van der Waals surface area contributed by atoms with E-state index in [-0.39, 0.29) is 11.7 Å². The van der Waals surface area contributed by atoms with E-state index in [4.69, 9.17) is 0 Å². The van der Waals surface area contributed by atoms with Crippen LogP contribution in [0.1, 0.15) is 15.5 Å². The third-order valence-electron chi connectivity index (χ3n) is 1.65. The maximum atomic E-state index is 11.4. The van der Waals surface area contributed by atoms with Gasteiger partial charge < -0.3 is 5.32 Å². The Bertz CT molecular complexity index is 454. The summed E-state index contributed by atoms with van der Waals surface area (Å²) in [6, 6.07) is 1.93. The van der Waals surface area contributed by atoms with Crippen molar-refractivity contribution in [1.29, 1.82) is 0 Å². The number of amides is 1. The van der Waals surface area contributed by atoms with Crippen LogP contribution in [0.3, 0.4) is 0 Å². The lowest BCUT2D eigenvalue weighted by Crippen LogP contribution is -2.23. The zero-order valence-corrected chi connectivity index (χ0v) is 9.80. The van der Waals surface area contributed by atoms with Crippen molar-refractivity contribution in [2.24, 2.45) is 0 Å². The van der Waals surface area contributed by atoms with Gasteiger partial charge in [0.1, 0.15) is 0 Å². The van der Waals surface area contributed by atoms with Crippen molar-refractivity contribution < 1.29 is 4.79 Å². The Balaban J connectivity index is 1.95. The van der Waals surface area contributed by atoms with Crippen molar-refractivity contribution in [2.75, 3.05) is 0 Å². The van der Waals surface area contributed by atoms with Gasteiger partial charge in [0.25, 0.3) is 11.7 Å². The predicted octanol–water partition coefficient (Wildman–Crippen LogP) is 0.954. The van der Waals surface area contributed by atoms with Gasteiger partial charge in [0, 0.05) is 9.35 Å². The van der Waals surface area contributed by atoms with Crippen molar-refractivity contribution in [2.45, 2.75) is 6.54 Å². The van der Waals surface area contributed by atoms with Gasteiger partial charge in [-0.15, -0.1) is 21.5 Å². The predicted molar refractivity (Wildman–Crippen MR) is 57.4 cm³/mol. The van der Waals surface area contributed by atoms with Crippen LogP contribution in [-0.2, 0) is 6.54 Å². The summed E-state index contributed by atoms with van der Waals surface area (Å²) in [5.74, 6) is -0.299. The van der Waals surface area contributed by atoms with Gasteiger partial charge in [-0.25, -0.2) is 0 Å². The van der Waals surface area contributed by atoms with Crippen molar-refractivity contribution in [3.63, 3.8) is 0 Å². The van der Waals surface area contributed by atoms with Crippen LogP contribution < -0.4 is 5.32 Å². The van der Waals surface area contributed by atoms with Crippen molar-refractivity contribution in [1.82, 2.24) is 25.9 Å². The summed E-state index contributed by atoms with van der Waals surface area (Å²) >= 11 is 4.94. The zero-order chi connectivity index (χ0) is 10.7. The summed E-state index contributed by atoms with van der Waals surface area (Å²) in [5, 5.41) is 17.3. The van der Waals surface area contributed by atoms with Crippen molar-refractivity contribution in [3.05, 3.63) is 26.6 Å². The van der Waals surface area contributed by atoms with E-state index in [1.54, 1.807) is 11.3 Å². The summed E-state index contributed by atoms with van der Waals surface area (Å²) < 4.78 is 0.987. The molecule has 0 aliphatic rings. The molecular formula is C7H6BrN5OS. The molecule has 2 aromatic rings. The molecule has 2 heterocycles. The number of aromatic nitrogens is 4. The maximum absolute atomic E-state index is 11.4. The fraction of sp³-hybridized carbons (Fsp3) is 0.143. The molecule has 0 aliphatic heterocycles. The van der Waals surface area contributed by atoms with Crippen LogP contribution >= 0.6 is 27.3 Å². The first-order valence-corrected chi connectivity index (χ1v) is 5.68. The number of nitrogens with one attached hydrogen (secondary N) is 2. The Morgan fingerprint density at radius 3 is 3.13 bits per heavy atom. The molecule has 2 aromatic heterocycles. The van der Waals surface area contributed by atoms with Crippen LogP contribution in [0.5, 0.6) is 0 Å². The van der Waals surface area contributed by atoms with Gasteiger partial charge >= 0.3 is 0 Å². The number of hydrogen-bond donors (Lipinski definition) is 2. The lowest BCUT2D eigenvalue weighted by atomic mass is 10.4. The summed E-state index contributed by atoms with van der Waals surface area (Å²) in [7, 11) is 0. The molecule has 0 fully saturated rings. The molecule has 78 valence electrons. The average Bonchev–Trinajstić information content (AvgIpc) is 2.85. The average molecular weight is 288 g/mol. The Labute approximate surface area is 97.2 Å². The molecule has 0 spiro atoms. The Morgan fingerprint density at radius 1 is 1.67 bits per heavy atom. The van der Waals surface area contributed by atoms with Crippen LogP contribution in [0.25, 0.3) is 0 Å². The smallest absolute Gasteiger partial charge is 0.293 e. The maximum Gasteiger partial charge on any atom is 0.293 e. The molecule has 0 radical (unpaired) electrons. The standard InChI is InChI=1S/C7H6BrN5OS/c8-4-1-2-15-5(4)3-9-7(14)6-10-12-13-11-6/h1-2H,3H2,(H,9,14)(H,10,11,12,13). The molecule has 0 saturated heterocycles. The van der Waals surface area contributed by atoms with Gasteiger partial charge in [-0.3, -0.25) is 4.79 Å². The first-order valence-electron chi connectivity index (χ1n) is 4.01. The fourth-order valence-corrected chi connectivity index (χ4v) is 2.38. The molecule has 0 unspecified atom stereocenters. The van der Waals surface area contributed by atoms with Crippen LogP contribution in [-0.4, -0.2) is 26.5 Å². The number of hydrogen-bond acceptors (Lipinski definition) is 5. The monoisotopic (exact) mass is 287 g/mol. The zero-order valence-electron chi connectivity index (χ0n) is 7.40. The molecule has 1 amide bonds. The molecule has 6 nitrogen and oxygen atoms in total. The second kappa shape index (κ2) is 4.49. The van der Waals surface area contributed by atoms with E-state index in [0.717, 1.165) is 9.35 Å². The van der Waals surface area contributed by atoms with E-state index in [2.05, 4.69) is 41.9 Å².